The Morgan fingerprint density at radius 2 is 2.11 bits per heavy atom. The van der Waals surface area contributed by atoms with Crippen LogP contribution in [0, 0.1) is 5.95 Å². The molecule has 0 aromatic carbocycles. The number of pyridine rings is 1. The lowest BCUT2D eigenvalue weighted by Gasteiger charge is -2.15. The van der Waals surface area contributed by atoms with Gasteiger partial charge in [0, 0.05) is 11.8 Å². The van der Waals surface area contributed by atoms with E-state index in [1.807, 2.05) is 0 Å². The molecule has 0 aliphatic carbocycles. The first-order valence-corrected chi connectivity index (χ1v) is 4.77. The van der Waals surface area contributed by atoms with Crippen LogP contribution in [0.4, 0.5) is 4.39 Å². The molecule has 1 rings (SSSR count). The van der Waals surface area contributed by atoms with E-state index in [0.29, 0.717) is 0 Å². The molecule has 4 N–H and O–H groups in total. The summed E-state index contributed by atoms with van der Waals surface area (Å²) in [6.07, 6.45) is -2.72. The quantitative estimate of drug-likeness (QED) is 0.464. The number of esters is 1. The Morgan fingerprint density at radius 3 is 2.61 bits per heavy atom. The summed E-state index contributed by atoms with van der Waals surface area (Å²) in [4.78, 5) is 25.1. The van der Waals surface area contributed by atoms with Gasteiger partial charge in [-0.1, -0.05) is 0 Å². The molecule has 0 aliphatic rings. The number of amides is 1. The number of ether oxygens (including phenoxy) is 1. The SMILES string of the molecule is COC(=O)c1cc(C(O)C(O)C(N)=O)cnc1F. The molecule has 0 radical (unpaired) electrons. The largest absolute Gasteiger partial charge is 0.465 e. The van der Waals surface area contributed by atoms with Gasteiger partial charge in [-0.3, -0.25) is 4.79 Å². The van der Waals surface area contributed by atoms with Crippen molar-refractivity contribution in [1.82, 2.24) is 4.98 Å². The molecule has 0 bridgehead atoms. The molecule has 2 atom stereocenters. The summed E-state index contributed by atoms with van der Waals surface area (Å²) in [6.45, 7) is 0. The number of methoxy groups -OCH3 is 1. The van der Waals surface area contributed by atoms with Crippen molar-refractivity contribution in [3.63, 3.8) is 0 Å². The first kappa shape index (κ1) is 14.0. The van der Waals surface area contributed by atoms with Gasteiger partial charge in [0.25, 0.3) is 0 Å². The molecule has 1 aromatic heterocycles. The number of halogens is 1. The standard InChI is InChI=1S/C10H11FN2O5/c1-18-10(17)5-2-4(3-13-8(5)11)6(14)7(15)9(12)16/h2-3,6-7,14-15H,1H3,(H2,12,16). The Labute approximate surface area is 101 Å². The van der Waals surface area contributed by atoms with Gasteiger partial charge in [0.05, 0.1) is 7.11 Å². The molecule has 1 aromatic rings. The Morgan fingerprint density at radius 1 is 1.50 bits per heavy atom. The molecule has 0 saturated heterocycles. The first-order chi connectivity index (χ1) is 8.38. The van der Waals surface area contributed by atoms with Gasteiger partial charge in [-0.15, -0.1) is 0 Å². The number of aromatic nitrogens is 1. The van der Waals surface area contributed by atoms with Gasteiger partial charge in [-0.2, -0.15) is 4.39 Å². The maximum atomic E-state index is 13.2. The summed E-state index contributed by atoms with van der Waals surface area (Å²) in [5.41, 5.74) is 4.13. The molecule has 0 aliphatic heterocycles. The number of aliphatic hydroxyl groups excluding tert-OH is 2. The third-order valence-electron chi connectivity index (χ3n) is 2.20. The maximum absolute atomic E-state index is 13.2. The van der Waals surface area contributed by atoms with Gasteiger partial charge >= 0.3 is 5.97 Å². The summed E-state index contributed by atoms with van der Waals surface area (Å²) in [6, 6.07) is 0.922. The average molecular weight is 258 g/mol. The number of hydrogen-bond donors (Lipinski definition) is 3. The summed E-state index contributed by atoms with van der Waals surface area (Å²) in [5.74, 6) is -3.25. The predicted octanol–water partition coefficient (Wildman–Crippen LogP) is -1.11. The van der Waals surface area contributed by atoms with Gasteiger partial charge in [-0.25, -0.2) is 9.78 Å². The Kier molecular flexibility index (Phi) is 4.29. The van der Waals surface area contributed by atoms with Crippen LogP contribution in [0.25, 0.3) is 0 Å². The summed E-state index contributed by atoms with van der Waals surface area (Å²) in [5, 5.41) is 18.8. The monoisotopic (exact) mass is 258 g/mol. The van der Waals surface area contributed by atoms with E-state index in [4.69, 9.17) is 5.73 Å². The zero-order valence-electron chi connectivity index (χ0n) is 9.33. The number of carbonyl (C=O) groups excluding carboxylic acids is 2. The van der Waals surface area contributed by atoms with E-state index < -0.39 is 35.6 Å². The second kappa shape index (κ2) is 5.52. The smallest absolute Gasteiger partial charge is 0.342 e. The molecule has 1 amide bonds. The van der Waals surface area contributed by atoms with Crippen LogP contribution in [0.3, 0.4) is 0 Å². The van der Waals surface area contributed by atoms with E-state index in [1.54, 1.807) is 0 Å². The highest BCUT2D eigenvalue weighted by Crippen LogP contribution is 2.19. The molecule has 0 saturated carbocycles. The number of primary amides is 1. The number of nitrogens with two attached hydrogens (primary N) is 1. The second-order valence-electron chi connectivity index (χ2n) is 3.39. The van der Waals surface area contributed by atoms with E-state index in [-0.39, 0.29) is 5.56 Å². The minimum atomic E-state index is -1.89. The fourth-order valence-electron chi connectivity index (χ4n) is 1.22. The maximum Gasteiger partial charge on any atom is 0.342 e. The van der Waals surface area contributed by atoms with E-state index in [0.717, 1.165) is 19.4 Å². The van der Waals surface area contributed by atoms with Crippen LogP contribution in [0.5, 0.6) is 0 Å². The lowest BCUT2D eigenvalue weighted by Crippen LogP contribution is -2.34. The highest BCUT2D eigenvalue weighted by Gasteiger charge is 2.25. The van der Waals surface area contributed by atoms with Crippen molar-refractivity contribution in [2.75, 3.05) is 7.11 Å². The van der Waals surface area contributed by atoms with Gasteiger partial charge < -0.3 is 20.7 Å². The molecule has 0 fully saturated rings. The number of nitrogens with zero attached hydrogens (tertiary/aromatic N) is 1. The number of hydrogen-bond acceptors (Lipinski definition) is 6. The van der Waals surface area contributed by atoms with E-state index in [9.17, 15) is 24.2 Å². The van der Waals surface area contributed by atoms with Crippen LogP contribution in [-0.2, 0) is 9.53 Å². The minimum absolute atomic E-state index is 0.136. The van der Waals surface area contributed by atoms with Crippen LogP contribution >= 0.6 is 0 Å². The van der Waals surface area contributed by atoms with Gasteiger partial charge in [-0.05, 0) is 6.07 Å². The zero-order valence-corrected chi connectivity index (χ0v) is 9.33. The van der Waals surface area contributed by atoms with Crippen LogP contribution in [0.2, 0.25) is 0 Å². The Hall–Kier alpha value is -2.06. The highest BCUT2D eigenvalue weighted by atomic mass is 19.1. The molecular weight excluding hydrogens is 247 g/mol. The van der Waals surface area contributed by atoms with Crippen molar-refractivity contribution in [2.45, 2.75) is 12.2 Å². The molecule has 0 spiro atoms. The zero-order chi connectivity index (χ0) is 13.9. The van der Waals surface area contributed by atoms with E-state index >= 15 is 0 Å². The fraction of sp³-hybridized carbons (Fsp3) is 0.300. The molecule has 7 nitrogen and oxygen atoms in total. The van der Waals surface area contributed by atoms with E-state index in [1.165, 1.54) is 0 Å². The molecule has 18 heavy (non-hydrogen) atoms. The topological polar surface area (TPSA) is 123 Å². The third kappa shape index (κ3) is 2.79. The number of rotatable bonds is 4. The summed E-state index contributed by atoms with van der Waals surface area (Å²) >= 11 is 0. The van der Waals surface area contributed by atoms with E-state index in [2.05, 4.69) is 9.72 Å². The van der Waals surface area contributed by atoms with Crippen LogP contribution < -0.4 is 5.73 Å². The van der Waals surface area contributed by atoms with Gasteiger partial charge in [0.1, 0.15) is 11.7 Å². The van der Waals surface area contributed by atoms with Crippen molar-refractivity contribution >= 4 is 11.9 Å². The third-order valence-corrected chi connectivity index (χ3v) is 2.20. The fourth-order valence-corrected chi connectivity index (χ4v) is 1.22. The Bertz CT molecular complexity index is 479. The van der Waals surface area contributed by atoms with Crippen molar-refractivity contribution < 1.29 is 28.9 Å². The highest BCUT2D eigenvalue weighted by molar-refractivity contribution is 5.89. The van der Waals surface area contributed by atoms with Gasteiger partial charge in [0.15, 0.2) is 6.10 Å². The first-order valence-electron chi connectivity index (χ1n) is 4.77. The normalized spacial score (nSPS) is 13.8. The average Bonchev–Trinajstić information content (AvgIpc) is 2.36. The number of carbonyl (C=O) groups is 2. The van der Waals surface area contributed by atoms with Crippen molar-refractivity contribution in [1.29, 1.82) is 0 Å². The summed E-state index contributed by atoms with van der Waals surface area (Å²) < 4.78 is 17.5. The molecule has 98 valence electrons. The molecular formula is C10H11FN2O5. The molecule has 8 heteroatoms. The number of aliphatic hydroxyl groups is 2. The minimum Gasteiger partial charge on any atom is -0.465 e. The van der Waals surface area contributed by atoms with Crippen molar-refractivity contribution in [3.05, 3.63) is 29.3 Å². The van der Waals surface area contributed by atoms with Crippen LogP contribution in [0.1, 0.15) is 22.0 Å². The van der Waals surface area contributed by atoms with Crippen molar-refractivity contribution in [2.24, 2.45) is 5.73 Å². The molecule has 1 heterocycles. The van der Waals surface area contributed by atoms with Crippen molar-refractivity contribution in [3.8, 4) is 0 Å². The predicted molar refractivity (Wildman–Crippen MR) is 55.7 cm³/mol. The Balaban J connectivity index is 3.12. The van der Waals surface area contributed by atoms with Crippen LogP contribution in [-0.4, -0.2) is 40.3 Å². The second-order valence-corrected chi connectivity index (χ2v) is 3.39. The molecule has 2 unspecified atom stereocenters. The lowest BCUT2D eigenvalue weighted by atomic mass is 10.0. The summed E-state index contributed by atoms with van der Waals surface area (Å²) in [7, 11) is 1.04. The van der Waals surface area contributed by atoms with Gasteiger partial charge in [0.2, 0.25) is 11.9 Å². The lowest BCUT2D eigenvalue weighted by molar-refractivity contribution is -0.131. The van der Waals surface area contributed by atoms with Crippen LogP contribution in [0.15, 0.2) is 12.3 Å².